The molecule has 0 spiro atoms. The lowest BCUT2D eigenvalue weighted by atomic mass is 9.83. The normalized spacial score (nSPS) is 18.1. The highest BCUT2D eigenvalue weighted by atomic mass is 35.5. The minimum absolute atomic E-state index is 0.00440. The van der Waals surface area contributed by atoms with Crippen molar-refractivity contribution in [1.82, 2.24) is 14.6 Å². The van der Waals surface area contributed by atoms with Gasteiger partial charge in [-0.2, -0.15) is 4.98 Å². The lowest BCUT2D eigenvalue weighted by Crippen LogP contribution is -2.55. The Bertz CT molecular complexity index is 3040. The van der Waals surface area contributed by atoms with Gasteiger partial charge in [0, 0.05) is 67.3 Å². The number of carboxylic acids is 1. The lowest BCUT2D eigenvalue weighted by Gasteiger charge is -2.50. The number of nitrogens with zero attached hydrogens (tertiary/aromatic N) is 4. The van der Waals surface area contributed by atoms with Crippen molar-refractivity contribution in [3.63, 3.8) is 0 Å². The summed E-state index contributed by atoms with van der Waals surface area (Å²) in [6.45, 7) is 16.1. The number of hydrogen-bond donors (Lipinski definition) is 4. The number of piperidine rings is 2. The van der Waals surface area contributed by atoms with Gasteiger partial charge >= 0.3 is 5.97 Å². The number of halogens is 1. The fraction of sp³-hybridized carbons (Fsp3) is 0.364. The van der Waals surface area contributed by atoms with E-state index < -0.39 is 12.0 Å². The second kappa shape index (κ2) is 22.3. The molecule has 0 aliphatic carbocycles. The molecule has 72 heavy (non-hydrogen) atoms. The van der Waals surface area contributed by atoms with Gasteiger partial charge in [-0.15, -0.1) is 17.9 Å². The highest BCUT2D eigenvalue weighted by molar-refractivity contribution is 7.96. The van der Waals surface area contributed by atoms with Crippen molar-refractivity contribution in [2.24, 2.45) is 0 Å². The molecule has 2 fully saturated rings. The number of aromatic carboxylic acids is 1. The minimum atomic E-state index is -1.17. The third-order valence-electron chi connectivity index (χ3n) is 13.8. The van der Waals surface area contributed by atoms with E-state index in [0.29, 0.717) is 35.6 Å². The number of allylic oxidation sites excluding steroid dienone is 1. The number of aromatic nitrogens is 1. The third kappa shape index (κ3) is 10.4. The molecule has 5 heterocycles. The van der Waals surface area contributed by atoms with Gasteiger partial charge in [-0.05, 0) is 124 Å². The standard InChI is InChI=1S/C54H57ClN6O7S2.CH4O/c1-7-8-15-42(50(63)56-6)60-41-18-17-37(38-13-10-14-39(45(38)41)51(60)64)33-20-22-59(23-21-33)53-58-40-26-32(16-19-44(40)68-53)30-69-61-43(31(2)3)28-36(29-54(61,4)5)57-35-12-9-11-34(27-35)48-46(55)47(67-25-24-62)49(70-48)52(65)66;1-2/h7,9-14,16-19,24,26-27,33,36,42-43,57H,1-2,8,15,20-23,25,28-30H2,3-6H3,(H,56,63)(H,65,66);2H,1H3. The average Bonchev–Trinajstić information content (AvgIpc) is 4.05. The molecule has 2 aromatic heterocycles. The number of carbonyl (C=O) groups is 4. The SMILES string of the molecule is C=CCCC(C(=O)NC)N1C(=O)c2cccc3c(C4CCN(c5nc6cc(CSN7C(C(=C)C)CC(Nc8cccc(-c9sc(C(=O)O)c(OCC=O)c9Cl)c8)CC7(C)C)ccc6o5)CC4)ccc1c23.CO. The smallest absolute Gasteiger partial charge is 0.349 e. The number of rotatable bonds is 18. The summed E-state index contributed by atoms with van der Waals surface area (Å²) in [7, 11) is 2.61. The number of thiophene rings is 1. The molecule has 0 saturated carbocycles. The Labute approximate surface area is 433 Å². The average molecular weight is 1030 g/mol. The maximum atomic E-state index is 13.9. The van der Waals surface area contributed by atoms with Crippen LogP contribution in [0.15, 0.2) is 102 Å². The number of aldehydes is 1. The van der Waals surface area contributed by atoms with Crippen molar-refractivity contribution in [3.8, 4) is 16.2 Å². The first kappa shape index (κ1) is 52.2. The number of oxazole rings is 1. The first-order valence-corrected chi connectivity index (χ1v) is 26.2. The van der Waals surface area contributed by atoms with Gasteiger partial charge in [-0.1, -0.05) is 78.2 Å². The summed E-state index contributed by atoms with van der Waals surface area (Å²) in [5.41, 5.74) is 7.89. The van der Waals surface area contributed by atoms with Gasteiger partial charge < -0.3 is 34.9 Å². The summed E-state index contributed by atoms with van der Waals surface area (Å²) in [6.07, 6.45) is 6.95. The van der Waals surface area contributed by atoms with E-state index in [9.17, 15) is 24.3 Å². The van der Waals surface area contributed by atoms with Crippen LogP contribution < -0.4 is 25.2 Å². The molecule has 3 aliphatic rings. The Kier molecular flexibility index (Phi) is 16.2. The van der Waals surface area contributed by atoms with Gasteiger partial charge in [0.2, 0.25) is 5.91 Å². The van der Waals surface area contributed by atoms with Crippen molar-refractivity contribution in [1.29, 1.82) is 0 Å². The molecule has 14 nitrogen and oxygen atoms in total. The maximum absolute atomic E-state index is 13.9. The van der Waals surface area contributed by atoms with E-state index in [1.54, 1.807) is 18.0 Å². The van der Waals surface area contributed by atoms with Crippen molar-refractivity contribution in [2.45, 2.75) is 94.6 Å². The number of carboxylic acid groups (broad SMARTS) is 1. The van der Waals surface area contributed by atoms with Crippen LogP contribution >= 0.6 is 34.9 Å². The second-order valence-electron chi connectivity index (χ2n) is 19.0. The molecule has 3 unspecified atom stereocenters. The van der Waals surface area contributed by atoms with Gasteiger partial charge in [0.05, 0.1) is 10.6 Å². The van der Waals surface area contributed by atoms with Gasteiger partial charge in [0.1, 0.15) is 23.2 Å². The van der Waals surface area contributed by atoms with Crippen LogP contribution in [0.25, 0.3) is 32.3 Å². The summed E-state index contributed by atoms with van der Waals surface area (Å²) < 4.78 is 14.3. The van der Waals surface area contributed by atoms with Crippen LogP contribution in [-0.4, -0.2) is 101 Å². The predicted molar refractivity (Wildman–Crippen MR) is 290 cm³/mol. The number of aliphatic hydroxyl groups is 1. The molecule has 2 amide bonds. The van der Waals surface area contributed by atoms with Gasteiger partial charge in [-0.3, -0.25) is 19.3 Å². The fourth-order valence-electron chi connectivity index (χ4n) is 10.5. The molecular formula is C55H61ClN6O8S2. The van der Waals surface area contributed by atoms with Crippen LogP contribution in [0.1, 0.15) is 96.4 Å². The molecule has 2 saturated heterocycles. The molecular weight excluding hydrogens is 972 g/mol. The van der Waals surface area contributed by atoms with Crippen LogP contribution in [0.5, 0.6) is 5.75 Å². The van der Waals surface area contributed by atoms with Crippen LogP contribution in [0.4, 0.5) is 17.4 Å². The molecule has 17 heteroatoms. The lowest BCUT2D eigenvalue weighted by molar-refractivity contribution is -0.122. The number of carbonyl (C=O) groups excluding carboxylic acids is 3. The zero-order valence-electron chi connectivity index (χ0n) is 41.2. The molecule has 6 aromatic rings. The van der Waals surface area contributed by atoms with Crippen LogP contribution in [0.3, 0.4) is 0 Å². The molecule has 3 atom stereocenters. The van der Waals surface area contributed by atoms with Gasteiger partial charge in [-0.25, -0.2) is 9.10 Å². The Balaban J connectivity index is 0.00000342. The fourth-order valence-corrected chi connectivity index (χ4v) is 13.3. The summed E-state index contributed by atoms with van der Waals surface area (Å²) in [5.74, 6) is -0.460. The van der Waals surface area contributed by atoms with E-state index in [4.69, 9.17) is 30.8 Å². The number of fused-ring (bicyclic) bond motifs is 1. The van der Waals surface area contributed by atoms with E-state index in [0.717, 1.165) is 113 Å². The van der Waals surface area contributed by atoms with Crippen molar-refractivity contribution in [3.05, 3.63) is 124 Å². The van der Waals surface area contributed by atoms with Crippen molar-refractivity contribution >= 4 is 98.2 Å². The van der Waals surface area contributed by atoms with E-state index >= 15 is 0 Å². The van der Waals surface area contributed by atoms with Gasteiger partial charge in [0.15, 0.2) is 22.5 Å². The molecule has 9 rings (SSSR count). The maximum Gasteiger partial charge on any atom is 0.349 e. The van der Waals surface area contributed by atoms with E-state index in [1.807, 2.05) is 60.5 Å². The Morgan fingerprint density at radius 1 is 1.10 bits per heavy atom. The summed E-state index contributed by atoms with van der Waals surface area (Å²) in [6, 6.07) is 24.4. The van der Waals surface area contributed by atoms with Crippen LogP contribution in [0, 0.1) is 0 Å². The van der Waals surface area contributed by atoms with E-state index in [-0.39, 0.29) is 57.6 Å². The monoisotopic (exact) mass is 1030 g/mol. The zero-order valence-corrected chi connectivity index (χ0v) is 43.6. The number of nitrogens with one attached hydrogen (secondary N) is 2. The van der Waals surface area contributed by atoms with E-state index in [2.05, 4.69) is 78.0 Å². The van der Waals surface area contributed by atoms with Crippen LogP contribution in [0.2, 0.25) is 5.02 Å². The molecule has 0 radical (unpaired) electrons. The number of likely N-dealkylation sites (N-methyl/N-ethyl adjacent to an activating group) is 1. The number of aliphatic hydroxyl groups excluding tert-OH is 1. The number of amides is 2. The Hall–Kier alpha value is -6.17. The summed E-state index contributed by atoms with van der Waals surface area (Å²) >= 11 is 9.48. The highest BCUT2D eigenvalue weighted by Crippen LogP contribution is 2.48. The van der Waals surface area contributed by atoms with Gasteiger partial charge in [0.25, 0.3) is 11.9 Å². The first-order chi connectivity index (χ1) is 34.7. The third-order valence-corrected chi connectivity index (χ3v) is 16.9. The van der Waals surface area contributed by atoms with E-state index in [1.165, 1.54) is 5.56 Å². The van der Waals surface area contributed by atoms with Crippen LogP contribution in [-0.2, 0) is 15.3 Å². The molecule has 4 aromatic carbocycles. The topological polar surface area (TPSA) is 178 Å². The highest BCUT2D eigenvalue weighted by Gasteiger charge is 2.42. The zero-order chi connectivity index (χ0) is 51.4. The first-order valence-electron chi connectivity index (χ1n) is 24.1. The minimum Gasteiger partial charge on any atom is -0.483 e. The second-order valence-corrected chi connectivity index (χ2v) is 21.3. The quantitative estimate of drug-likeness (QED) is 0.0364. The summed E-state index contributed by atoms with van der Waals surface area (Å²) in [5, 5.41) is 25.5. The number of ether oxygens (including phenoxy) is 1. The largest absolute Gasteiger partial charge is 0.483 e. The predicted octanol–water partition coefficient (Wildman–Crippen LogP) is 11.1. The number of anilines is 3. The Morgan fingerprint density at radius 3 is 2.57 bits per heavy atom. The Morgan fingerprint density at radius 2 is 1.86 bits per heavy atom. The molecule has 3 aliphatic heterocycles. The van der Waals surface area contributed by atoms with Crippen molar-refractivity contribution < 1.29 is 38.5 Å². The summed E-state index contributed by atoms with van der Waals surface area (Å²) in [4.78, 5) is 59.3. The molecule has 0 bridgehead atoms. The molecule has 378 valence electrons. The number of hydrogen-bond acceptors (Lipinski definition) is 13. The molecule has 4 N–H and O–H groups in total. The number of benzene rings is 4. The van der Waals surface area contributed by atoms with Crippen molar-refractivity contribution in [2.75, 3.05) is 49.0 Å².